The van der Waals surface area contributed by atoms with E-state index >= 15 is 0 Å². The third kappa shape index (κ3) is 33.4. The first kappa shape index (κ1) is 35.4. The second-order valence-electron chi connectivity index (χ2n) is 10.6. The van der Waals surface area contributed by atoms with Gasteiger partial charge in [0.15, 0.2) is 5.55 Å². The van der Waals surface area contributed by atoms with Crippen LogP contribution in [0.3, 0.4) is 0 Å². The molecule has 0 fully saturated rings. The van der Waals surface area contributed by atoms with Gasteiger partial charge in [-0.25, -0.2) is 0 Å². The maximum Gasteiger partial charge on any atom is 0.170 e. The van der Waals surface area contributed by atoms with Gasteiger partial charge in [0.1, 0.15) is 0 Å². The Labute approximate surface area is 233 Å². The molecule has 206 valence electrons. The molecule has 0 N–H and O–H groups in total. The molecule has 0 heterocycles. The number of rotatable bonds is 30. The van der Waals surface area contributed by atoms with Crippen molar-refractivity contribution in [2.45, 2.75) is 187 Å². The average Bonchev–Trinajstić information content (AvgIpc) is 2.83. The first-order valence-corrected chi connectivity index (χ1v) is 20.8. The third-order valence-corrected chi connectivity index (χ3v) is 8.79. The quantitative estimate of drug-likeness (QED) is 0.0568. The van der Waals surface area contributed by atoms with E-state index in [1.165, 1.54) is 180 Å². The summed E-state index contributed by atoms with van der Waals surface area (Å²) < 4.78 is 5.50. The minimum absolute atomic E-state index is 0.526. The van der Waals surface area contributed by atoms with Gasteiger partial charge < -0.3 is 4.52 Å². The maximum atomic E-state index is 5.50. The topological polar surface area (TPSA) is 9.23 Å². The molecule has 0 bridgehead atoms. The summed E-state index contributed by atoms with van der Waals surface area (Å²) in [6.07, 6.45) is 40.6. The van der Waals surface area contributed by atoms with Crippen LogP contribution in [-0.4, -0.2) is 6.61 Å². The highest BCUT2D eigenvalue weighted by atomic mass is 79.9. The van der Waals surface area contributed by atoms with Crippen LogP contribution in [0, 0.1) is 0 Å². The predicted molar refractivity (Wildman–Crippen MR) is 166 cm³/mol. The zero-order chi connectivity index (χ0) is 24.8. The number of hydrogen-bond acceptors (Lipinski definition) is 1. The fraction of sp³-hybridized carbons (Fsp3) is 1.00. The molecular weight excluding hydrogens is 567 g/mol. The van der Waals surface area contributed by atoms with Crippen LogP contribution in [0.5, 0.6) is 0 Å². The number of hydrogen-bond donors (Lipinski definition) is 0. The molecule has 0 unspecified atom stereocenters. The minimum atomic E-state index is -0.526. The van der Waals surface area contributed by atoms with Crippen LogP contribution in [0.2, 0.25) is 0 Å². The normalized spacial score (nSPS) is 11.6. The summed E-state index contributed by atoms with van der Waals surface area (Å²) in [5, 5.41) is 0. The lowest BCUT2D eigenvalue weighted by Crippen LogP contribution is -1.87. The van der Waals surface area contributed by atoms with E-state index in [9.17, 15) is 0 Å². The predicted octanol–water partition coefficient (Wildman–Crippen LogP) is 14.0. The van der Waals surface area contributed by atoms with Gasteiger partial charge in [-0.05, 0) is 37.4 Å². The monoisotopic (exact) mass is 626 g/mol. The molecule has 0 aromatic heterocycles. The zero-order valence-corrected chi connectivity index (χ0v) is 27.2. The van der Waals surface area contributed by atoms with Crippen molar-refractivity contribution in [1.82, 2.24) is 0 Å². The standard InChI is InChI=1S/C30H61Br2OP/c1-2-3-4-5-6-7-8-9-10-11-12-13-14-15-16-17-18-19-20-21-22-23-24-25-26-27-28-29-30-33-34(31)32/h2-30H2,1H3. The van der Waals surface area contributed by atoms with Crippen molar-refractivity contribution in [2.24, 2.45) is 0 Å². The van der Waals surface area contributed by atoms with Crippen molar-refractivity contribution in [2.75, 3.05) is 6.61 Å². The summed E-state index contributed by atoms with van der Waals surface area (Å²) >= 11 is 6.81. The maximum absolute atomic E-state index is 5.50. The van der Waals surface area contributed by atoms with E-state index in [1.807, 2.05) is 0 Å². The van der Waals surface area contributed by atoms with E-state index in [-0.39, 0.29) is 0 Å². The average molecular weight is 629 g/mol. The van der Waals surface area contributed by atoms with Gasteiger partial charge in [0.2, 0.25) is 0 Å². The Hall–Kier alpha value is 1.35. The second-order valence-corrected chi connectivity index (χ2v) is 18.0. The van der Waals surface area contributed by atoms with Crippen molar-refractivity contribution in [3.63, 3.8) is 0 Å². The van der Waals surface area contributed by atoms with Gasteiger partial charge >= 0.3 is 0 Å². The van der Waals surface area contributed by atoms with Crippen molar-refractivity contribution >= 4 is 36.5 Å². The fourth-order valence-corrected chi connectivity index (χ4v) is 6.04. The Morgan fingerprint density at radius 3 is 0.765 bits per heavy atom. The molecule has 0 aliphatic carbocycles. The van der Waals surface area contributed by atoms with Gasteiger partial charge in [0.05, 0.1) is 6.61 Å². The summed E-state index contributed by atoms with van der Waals surface area (Å²) in [5.74, 6) is 0. The largest absolute Gasteiger partial charge is 0.338 e. The Kier molecular flexibility index (Phi) is 33.7. The van der Waals surface area contributed by atoms with E-state index in [1.54, 1.807) is 0 Å². The lowest BCUT2D eigenvalue weighted by atomic mass is 10.0. The second kappa shape index (κ2) is 32.4. The number of unbranched alkanes of at least 4 members (excludes halogenated alkanes) is 27. The molecule has 0 rings (SSSR count). The molecule has 0 spiro atoms. The van der Waals surface area contributed by atoms with Crippen molar-refractivity contribution in [3.05, 3.63) is 0 Å². The van der Waals surface area contributed by atoms with Crippen molar-refractivity contribution < 1.29 is 4.52 Å². The van der Waals surface area contributed by atoms with E-state index in [2.05, 4.69) is 37.9 Å². The summed E-state index contributed by atoms with van der Waals surface area (Å²) in [5.41, 5.74) is -0.526. The zero-order valence-electron chi connectivity index (χ0n) is 23.1. The Bertz CT molecular complexity index is 355. The van der Waals surface area contributed by atoms with Crippen LogP contribution in [0.15, 0.2) is 0 Å². The Morgan fingerprint density at radius 1 is 0.353 bits per heavy atom. The fourth-order valence-electron chi connectivity index (χ4n) is 4.91. The highest BCUT2D eigenvalue weighted by Gasteiger charge is 1.98. The van der Waals surface area contributed by atoms with Crippen LogP contribution in [0.1, 0.15) is 187 Å². The van der Waals surface area contributed by atoms with E-state index in [0.29, 0.717) is 0 Å². The van der Waals surface area contributed by atoms with E-state index in [4.69, 9.17) is 4.52 Å². The van der Waals surface area contributed by atoms with Crippen LogP contribution in [-0.2, 0) is 4.52 Å². The molecule has 0 amide bonds. The Balaban J connectivity index is 3.00. The molecule has 0 saturated carbocycles. The van der Waals surface area contributed by atoms with E-state index < -0.39 is 5.55 Å². The lowest BCUT2D eigenvalue weighted by Gasteiger charge is -2.05. The Morgan fingerprint density at radius 2 is 0.559 bits per heavy atom. The molecule has 0 saturated heterocycles. The molecule has 0 aliphatic rings. The summed E-state index contributed by atoms with van der Waals surface area (Å²) in [6, 6.07) is 0. The molecular formula is C30H61Br2OP. The van der Waals surface area contributed by atoms with Gasteiger partial charge in [-0.15, -0.1) is 0 Å². The first-order chi connectivity index (χ1) is 16.8. The summed E-state index contributed by atoms with van der Waals surface area (Å²) in [4.78, 5) is 0. The third-order valence-electron chi connectivity index (χ3n) is 7.19. The minimum Gasteiger partial charge on any atom is -0.338 e. The SMILES string of the molecule is CCCCCCCCCCCCCCCCCCCCCCCCCCCCCCOP(Br)Br. The van der Waals surface area contributed by atoms with Crippen LogP contribution in [0.4, 0.5) is 0 Å². The smallest absolute Gasteiger partial charge is 0.170 e. The van der Waals surface area contributed by atoms with Gasteiger partial charge in [0.25, 0.3) is 0 Å². The van der Waals surface area contributed by atoms with Crippen LogP contribution < -0.4 is 0 Å². The van der Waals surface area contributed by atoms with Crippen molar-refractivity contribution in [3.8, 4) is 0 Å². The van der Waals surface area contributed by atoms with Crippen LogP contribution in [0.25, 0.3) is 0 Å². The first-order valence-electron chi connectivity index (χ1n) is 15.5. The van der Waals surface area contributed by atoms with E-state index in [0.717, 1.165) is 6.61 Å². The molecule has 0 radical (unpaired) electrons. The number of halogens is 2. The van der Waals surface area contributed by atoms with Gasteiger partial charge in [-0.1, -0.05) is 180 Å². The molecule has 4 heteroatoms. The van der Waals surface area contributed by atoms with Gasteiger partial charge in [-0.2, -0.15) is 0 Å². The molecule has 0 aliphatic heterocycles. The summed E-state index contributed by atoms with van der Waals surface area (Å²) in [7, 11) is 0. The van der Waals surface area contributed by atoms with Gasteiger partial charge in [-0.3, -0.25) is 0 Å². The molecule has 0 aromatic carbocycles. The highest BCUT2D eigenvalue weighted by molar-refractivity contribution is 9.68. The van der Waals surface area contributed by atoms with Gasteiger partial charge in [0, 0.05) is 0 Å². The molecule has 0 atom stereocenters. The molecule has 34 heavy (non-hydrogen) atoms. The van der Waals surface area contributed by atoms with Crippen molar-refractivity contribution in [1.29, 1.82) is 0 Å². The summed E-state index contributed by atoms with van der Waals surface area (Å²) in [6.45, 7) is 3.19. The molecule has 1 nitrogen and oxygen atoms in total. The van der Waals surface area contributed by atoms with Crippen LogP contribution >= 0.6 is 36.5 Å². The lowest BCUT2D eigenvalue weighted by molar-refractivity contribution is 0.349. The molecule has 0 aromatic rings. The highest BCUT2D eigenvalue weighted by Crippen LogP contribution is 2.53.